The number of halogens is 1. The van der Waals surface area contributed by atoms with Crippen LogP contribution < -0.4 is 4.74 Å². The summed E-state index contributed by atoms with van der Waals surface area (Å²) in [6, 6.07) is 4.66. The Morgan fingerprint density at radius 1 is 1.27 bits per heavy atom. The highest BCUT2D eigenvalue weighted by Gasteiger charge is 2.32. The van der Waals surface area contributed by atoms with Gasteiger partial charge in [-0.2, -0.15) is 4.31 Å². The molecule has 1 saturated heterocycles. The Morgan fingerprint density at radius 2 is 1.91 bits per heavy atom. The first-order valence-electron chi connectivity index (χ1n) is 6.81. The van der Waals surface area contributed by atoms with E-state index in [9.17, 15) is 13.2 Å². The molecule has 2 rings (SSSR count). The van der Waals surface area contributed by atoms with E-state index in [1.54, 1.807) is 6.07 Å². The smallest absolute Gasteiger partial charge is 0.308 e. The molecule has 1 heterocycles. The van der Waals surface area contributed by atoms with Crippen LogP contribution in [0.1, 0.15) is 12.8 Å². The summed E-state index contributed by atoms with van der Waals surface area (Å²) in [5.74, 6) is 0.0756. The van der Waals surface area contributed by atoms with E-state index in [2.05, 4.69) is 15.9 Å². The predicted octanol–water partition coefficient (Wildman–Crippen LogP) is 2.03. The van der Waals surface area contributed by atoms with Crippen molar-refractivity contribution in [3.63, 3.8) is 0 Å². The molecule has 0 saturated carbocycles. The molecule has 0 radical (unpaired) electrons. The van der Waals surface area contributed by atoms with Gasteiger partial charge in [0, 0.05) is 13.1 Å². The SMILES string of the molecule is COC(=O)C1CCN(S(=O)(=O)c2ccc(OC)c(Br)c2)CC1. The zero-order valence-corrected chi connectivity index (χ0v) is 14.8. The molecule has 0 aliphatic carbocycles. The second kappa shape index (κ2) is 6.97. The van der Waals surface area contributed by atoms with Crippen molar-refractivity contribution in [3.8, 4) is 5.75 Å². The van der Waals surface area contributed by atoms with Crippen molar-refractivity contribution in [2.75, 3.05) is 27.3 Å². The molecular formula is C14H18BrNO5S. The van der Waals surface area contributed by atoms with Gasteiger partial charge in [0.25, 0.3) is 0 Å². The maximum atomic E-state index is 12.6. The monoisotopic (exact) mass is 391 g/mol. The van der Waals surface area contributed by atoms with Gasteiger partial charge >= 0.3 is 5.97 Å². The molecule has 0 unspecified atom stereocenters. The number of methoxy groups -OCH3 is 2. The summed E-state index contributed by atoms with van der Waals surface area (Å²) in [5.41, 5.74) is 0. The van der Waals surface area contributed by atoms with Crippen LogP contribution in [0.4, 0.5) is 0 Å². The van der Waals surface area contributed by atoms with Gasteiger partial charge in [0.1, 0.15) is 5.75 Å². The second-order valence-electron chi connectivity index (χ2n) is 5.00. The summed E-state index contributed by atoms with van der Waals surface area (Å²) in [5, 5.41) is 0. The van der Waals surface area contributed by atoms with Gasteiger partial charge in [-0.1, -0.05) is 0 Å². The van der Waals surface area contributed by atoms with Crippen LogP contribution >= 0.6 is 15.9 Å². The largest absolute Gasteiger partial charge is 0.496 e. The van der Waals surface area contributed by atoms with Gasteiger partial charge in [0.05, 0.1) is 29.5 Å². The second-order valence-corrected chi connectivity index (χ2v) is 7.79. The number of ether oxygens (including phenoxy) is 2. The minimum atomic E-state index is -3.57. The van der Waals surface area contributed by atoms with Gasteiger partial charge in [-0.15, -0.1) is 0 Å². The Hall–Kier alpha value is -1.12. The molecule has 0 bridgehead atoms. The molecule has 1 aromatic carbocycles. The molecule has 0 N–H and O–H groups in total. The number of nitrogens with zero attached hydrogens (tertiary/aromatic N) is 1. The third-order valence-corrected chi connectivity index (χ3v) is 6.26. The Morgan fingerprint density at radius 3 is 2.41 bits per heavy atom. The lowest BCUT2D eigenvalue weighted by molar-refractivity contribution is -0.146. The molecule has 0 amide bonds. The van der Waals surface area contributed by atoms with E-state index in [1.807, 2.05) is 0 Å². The summed E-state index contributed by atoms with van der Waals surface area (Å²) in [4.78, 5) is 11.7. The number of esters is 1. The maximum Gasteiger partial charge on any atom is 0.308 e. The first-order valence-corrected chi connectivity index (χ1v) is 9.05. The first kappa shape index (κ1) is 17.2. The highest BCUT2D eigenvalue weighted by atomic mass is 79.9. The van der Waals surface area contributed by atoms with E-state index in [0.717, 1.165) is 0 Å². The Labute approximate surface area is 138 Å². The highest BCUT2D eigenvalue weighted by Crippen LogP contribution is 2.30. The van der Waals surface area contributed by atoms with Crippen LogP contribution in [-0.2, 0) is 19.6 Å². The van der Waals surface area contributed by atoms with Crippen molar-refractivity contribution >= 4 is 31.9 Å². The fourth-order valence-electron chi connectivity index (χ4n) is 2.46. The van der Waals surface area contributed by atoms with Gasteiger partial charge in [-0.05, 0) is 47.0 Å². The lowest BCUT2D eigenvalue weighted by Gasteiger charge is -2.29. The summed E-state index contributed by atoms with van der Waals surface area (Å²) in [6.45, 7) is 0.623. The molecule has 0 spiro atoms. The van der Waals surface area contributed by atoms with Crippen molar-refractivity contribution in [1.82, 2.24) is 4.31 Å². The summed E-state index contributed by atoms with van der Waals surface area (Å²) in [6.07, 6.45) is 0.951. The number of hydrogen-bond donors (Lipinski definition) is 0. The molecule has 122 valence electrons. The van der Waals surface area contributed by atoms with Gasteiger partial charge in [-0.25, -0.2) is 8.42 Å². The molecule has 0 aromatic heterocycles. The van der Waals surface area contributed by atoms with Crippen molar-refractivity contribution in [3.05, 3.63) is 22.7 Å². The molecule has 1 aromatic rings. The third-order valence-electron chi connectivity index (χ3n) is 3.75. The van der Waals surface area contributed by atoms with E-state index >= 15 is 0 Å². The van der Waals surface area contributed by atoms with Crippen LogP contribution in [0, 0.1) is 5.92 Å². The molecule has 22 heavy (non-hydrogen) atoms. The number of carbonyl (C=O) groups is 1. The van der Waals surface area contributed by atoms with Gasteiger partial charge in [0.2, 0.25) is 10.0 Å². The maximum absolute atomic E-state index is 12.6. The molecule has 1 aliphatic heterocycles. The average molecular weight is 392 g/mol. The number of benzene rings is 1. The molecule has 0 atom stereocenters. The quantitative estimate of drug-likeness (QED) is 0.734. The summed E-state index contributed by atoms with van der Waals surface area (Å²) in [7, 11) is -0.702. The van der Waals surface area contributed by atoms with Crippen molar-refractivity contribution < 1.29 is 22.7 Å². The van der Waals surface area contributed by atoms with E-state index in [0.29, 0.717) is 36.2 Å². The Bertz CT molecular complexity index is 653. The zero-order chi connectivity index (χ0) is 16.3. The Balaban J connectivity index is 2.15. The topological polar surface area (TPSA) is 72.9 Å². The minimum absolute atomic E-state index is 0.205. The van der Waals surface area contributed by atoms with Crippen LogP contribution in [-0.4, -0.2) is 46.0 Å². The number of hydrogen-bond acceptors (Lipinski definition) is 5. The van der Waals surface area contributed by atoms with Crippen LogP contribution in [0.5, 0.6) is 5.75 Å². The summed E-state index contributed by atoms with van der Waals surface area (Å²) < 4.78 is 37.1. The lowest BCUT2D eigenvalue weighted by atomic mass is 9.99. The van der Waals surface area contributed by atoms with Gasteiger partial charge < -0.3 is 9.47 Å². The molecular weight excluding hydrogens is 374 g/mol. The van der Waals surface area contributed by atoms with Crippen molar-refractivity contribution in [2.45, 2.75) is 17.7 Å². The average Bonchev–Trinajstić information content (AvgIpc) is 2.54. The van der Waals surface area contributed by atoms with Gasteiger partial charge in [-0.3, -0.25) is 4.79 Å². The normalized spacial score (nSPS) is 17.2. The van der Waals surface area contributed by atoms with Gasteiger partial charge in [0.15, 0.2) is 0 Å². The fraction of sp³-hybridized carbons (Fsp3) is 0.500. The zero-order valence-electron chi connectivity index (χ0n) is 12.4. The minimum Gasteiger partial charge on any atom is -0.496 e. The van der Waals surface area contributed by atoms with E-state index in [4.69, 9.17) is 9.47 Å². The number of sulfonamides is 1. The van der Waals surface area contributed by atoms with E-state index in [1.165, 1.54) is 30.7 Å². The predicted molar refractivity (Wildman–Crippen MR) is 84.2 cm³/mol. The number of rotatable bonds is 4. The number of piperidine rings is 1. The molecule has 6 nitrogen and oxygen atoms in total. The van der Waals surface area contributed by atoms with Crippen molar-refractivity contribution in [2.24, 2.45) is 5.92 Å². The summed E-state index contributed by atoms with van der Waals surface area (Å²) >= 11 is 3.29. The Kier molecular flexibility index (Phi) is 5.46. The van der Waals surface area contributed by atoms with Crippen molar-refractivity contribution in [1.29, 1.82) is 0 Å². The fourth-order valence-corrected chi connectivity index (χ4v) is 4.64. The van der Waals surface area contributed by atoms with E-state index in [-0.39, 0.29) is 16.8 Å². The van der Waals surface area contributed by atoms with Crippen LogP contribution in [0.3, 0.4) is 0 Å². The highest BCUT2D eigenvalue weighted by molar-refractivity contribution is 9.10. The van der Waals surface area contributed by atoms with Crippen LogP contribution in [0.15, 0.2) is 27.6 Å². The lowest BCUT2D eigenvalue weighted by Crippen LogP contribution is -2.40. The van der Waals surface area contributed by atoms with Crippen LogP contribution in [0.2, 0.25) is 0 Å². The van der Waals surface area contributed by atoms with E-state index < -0.39 is 10.0 Å². The third kappa shape index (κ3) is 3.44. The first-order chi connectivity index (χ1) is 10.4. The molecule has 1 fully saturated rings. The molecule has 1 aliphatic rings. The standard InChI is InChI=1S/C14H18BrNO5S/c1-20-13-4-3-11(9-12(13)15)22(18,19)16-7-5-10(6-8-16)14(17)21-2/h3-4,9-10H,5-8H2,1-2H3. The number of carbonyl (C=O) groups excluding carboxylic acids is 1. The van der Waals surface area contributed by atoms with Crippen LogP contribution in [0.25, 0.3) is 0 Å². The molecule has 8 heteroatoms.